The van der Waals surface area contributed by atoms with Crippen molar-refractivity contribution in [1.29, 1.82) is 0 Å². The van der Waals surface area contributed by atoms with Gasteiger partial charge in [0.25, 0.3) is 5.91 Å². The molecule has 3 aromatic rings. The number of aromatic nitrogens is 1. The first kappa shape index (κ1) is 15.8. The van der Waals surface area contributed by atoms with Gasteiger partial charge in [0, 0.05) is 12.6 Å². The van der Waals surface area contributed by atoms with Gasteiger partial charge in [-0.3, -0.25) is 4.79 Å². The number of rotatable bonds is 2. The topological polar surface area (TPSA) is 53.5 Å². The molecule has 5 nitrogen and oxygen atoms in total. The van der Waals surface area contributed by atoms with Crippen molar-refractivity contribution in [2.75, 3.05) is 11.9 Å². The summed E-state index contributed by atoms with van der Waals surface area (Å²) < 4.78 is 1.11. The number of anilines is 1. The Morgan fingerprint density at radius 3 is 2.56 bits per heavy atom. The molecule has 0 radical (unpaired) electrons. The van der Waals surface area contributed by atoms with Crippen molar-refractivity contribution in [3.05, 3.63) is 48.0 Å². The summed E-state index contributed by atoms with van der Waals surface area (Å²) in [6.07, 6.45) is 0. The monoisotopic (exact) mass is 351 g/mol. The van der Waals surface area contributed by atoms with E-state index in [0.29, 0.717) is 5.69 Å². The van der Waals surface area contributed by atoms with E-state index in [1.807, 2.05) is 49.4 Å². The van der Waals surface area contributed by atoms with Crippen LogP contribution in [0.3, 0.4) is 0 Å². The summed E-state index contributed by atoms with van der Waals surface area (Å²) in [5.74, 6) is -0.197. The Kier molecular flexibility index (Phi) is 3.58. The Morgan fingerprint density at radius 1 is 1.12 bits per heavy atom. The lowest BCUT2D eigenvalue weighted by atomic mass is 10.1. The quantitative estimate of drug-likeness (QED) is 0.654. The van der Waals surface area contributed by atoms with Gasteiger partial charge in [0.15, 0.2) is 0 Å². The molecule has 25 heavy (non-hydrogen) atoms. The lowest BCUT2D eigenvalue weighted by Gasteiger charge is -2.17. The number of carbonyl (C=O) groups is 2. The summed E-state index contributed by atoms with van der Waals surface area (Å²) in [5, 5.41) is 0.878. The van der Waals surface area contributed by atoms with Crippen LogP contribution in [-0.2, 0) is 4.79 Å². The number of thiazole rings is 1. The van der Waals surface area contributed by atoms with Crippen molar-refractivity contribution in [2.24, 2.45) is 0 Å². The van der Waals surface area contributed by atoms with Gasteiger partial charge in [0.05, 0.1) is 15.9 Å². The zero-order valence-electron chi connectivity index (χ0n) is 14.2. The molecule has 1 fully saturated rings. The maximum Gasteiger partial charge on any atom is 0.331 e. The molecule has 0 aliphatic carbocycles. The fraction of sp³-hybridized carbons (Fsp3) is 0.211. The zero-order chi connectivity index (χ0) is 17.7. The molecule has 1 atom stereocenters. The first-order valence-electron chi connectivity index (χ1n) is 8.04. The lowest BCUT2D eigenvalue weighted by molar-refractivity contribution is -0.119. The normalized spacial score (nSPS) is 17.8. The molecule has 2 aromatic carbocycles. The second kappa shape index (κ2) is 5.67. The molecule has 0 spiro atoms. The highest BCUT2D eigenvalue weighted by atomic mass is 32.1. The lowest BCUT2D eigenvalue weighted by Crippen LogP contribution is -2.32. The Bertz CT molecular complexity index is 958. The zero-order valence-corrected chi connectivity index (χ0v) is 15.0. The Balaban J connectivity index is 1.81. The van der Waals surface area contributed by atoms with Gasteiger partial charge in [-0.1, -0.05) is 24.3 Å². The van der Waals surface area contributed by atoms with Crippen molar-refractivity contribution >= 4 is 39.2 Å². The predicted molar refractivity (Wildman–Crippen MR) is 99.9 cm³/mol. The number of fused-ring (bicyclic) bond motifs is 1. The summed E-state index contributed by atoms with van der Waals surface area (Å²) in [6.45, 7) is 3.65. The predicted octanol–water partition coefficient (Wildman–Crippen LogP) is 4.06. The van der Waals surface area contributed by atoms with Crippen LogP contribution in [0.2, 0.25) is 0 Å². The maximum absolute atomic E-state index is 12.5. The van der Waals surface area contributed by atoms with Crippen LogP contribution in [0.1, 0.15) is 12.5 Å². The van der Waals surface area contributed by atoms with E-state index in [9.17, 15) is 9.59 Å². The van der Waals surface area contributed by atoms with Crippen molar-refractivity contribution in [3.63, 3.8) is 0 Å². The van der Waals surface area contributed by atoms with Crippen LogP contribution in [0.4, 0.5) is 10.5 Å². The van der Waals surface area contributed by atoms with E-state index in [4.69, 9.17) is 0 Å². The van der Waals surface area contributed by atoms with Gasteiger partial charge in [-0.2, -0.15) is 0 Å². The number of amides is 3. The molecule has 3 amide bonds. The average molecular weight is 351 g/mol. The van der Waals surface area contributed by atoms with Gasteiger partial charge in [-0.05, 0) is 37.6 Å². The summed E-state index contributed by atoms with van der Waals surface area (Å²) in [4.78, 5) is 32.4. The number of aryl methyl sites for hydroxylation is 1. The SMILES string of the molecule is Cc1ccc(-c2nc3ccccc3s2)cc1N1C(=O)C(C)N(C)C1=O. The van der Waals surface area contributed by atoms with Gasteiger partial charge in [-0.15, -0.1) is 11.3 Å². The minimum Gasteiger partial charge on any atom is -0.315 e. The van der Waals surface area contributed by atoms with E-state index >= 15 is 0 Å². The fourth-order valence-corrected chi connectivity index (χ4v) is 3.93. The highest BCUT2D eigenvalue weighted by molar-refractivity contribution is 7.21. The number of nitrogens with zero attached hydrogens (tertiary/aromatic N) is 3. The number of carbonyl (C=O) groups excluding carboxylic acids is 2. The molecule has 6 heteroatoms. The van der Waals surface area contributed by atoms with Gasteiger partial charge in [0.1, 0.15) is 11.0 Å². The molecule has 1 unspecified atom stereocenters. The molecule has 0 saturated carbocycles. The summed E-state index contributed by atoms with van der Waals surface area (Å²) in [7, 11) is 1.65. The van der Waals surface area contributed by atoms with Crippen molar-refractivity contribution in [1.82, 2.24) is 9.88 Å². The summed E-state index contributed by atoms with van der Waals surface area (Å²) in [5.41, 5.74) is 3.37. The number of benzene rings is 2. The molecule has 126 valence electrons. The molecule has 4 rings (SSSR count). The van der Waals surface area contributed by atoms with E-state index in [2.05, 4.69) is 4.98 Å². The van der Waals surface area contributed by atoms with E-state index in [1.54, 1.807) is 25.3 Å². The van der Waals surface area contributed by atoms with Gasteiger partial charge >= 0.3 is 6.03 Å². The summed E-state index contributed by atoms with van der Waals surface area (Å²) in [6, 6.07) is 13.0. The van der Waals surface area contributed by atoms with Crippen LogP contribution < -0.4 is 4.90 Å². The van der Waals surface area contributed by atoms with Crippen molar-refractivity contribution in [3.8, 4) is 10.6 Å². The van der Waals surface area contributed by atoms with Gasteiger partial charge in [0.2, 0.25) is 0 Å². The average Bonchev–Trinajstić information content (AvgIpc) is 3.12. The van der Waals surface area contributed by atoms with E-state index in [-0.39, 0.29) is 11.9 Å². The van der Waals surface area contributed by atoms with Crippen LogP contribution in [0.5, 0.6) is 0 Å². The second-order valence-electron chi connectivity index (χ2n) is 6.23. The van der Waals surface area contributed by atoms with Gasteiger partial charge < -0.3 is 4.90 Å². The van der Waals surface area contributed by atoms with E-state index < -0.39 is 6.04 Å². The largest absolute Gasteiger partial charge is 0.331 e. The third kappa shape index (κ3) is 2.41. The highest BCUT2D eigenvalue weighted by Gasteiger charge is 2.41. The number of urea groups is 1. The first-order valence-corrected chi connectivity index (χ1v) is 8.86. The second-order valence-corrected chi connectivity index (χ2v) is 7.26. The number of hydrogen-bond donors (Lipinski definition) is 0. The Morgan fingerprint density at radius 2 is 1.88 bits per heavy atom. The van der Waals surface area contributed by atoms with Crippen LogP contribution >= 0.6 is 11.3 Å². The molecule has 0 bridgehead atoms. The molecule has 1 saturated heterocycles. The molecular weight excluding hydrogens is 334 g/mol. The minimum atomic E-state index is -0.446. The third-order valence-electron chi connectivity index (χ3n) is 4.64. The molecular formula is C19H17N3O2S. The Hall–Kier alpha value is -2.73. The molecule has 1 aliphatic rings. The van der Waals surface area contributed by atoms with Gasteiger partial charge in [-0.25, -0.2) is 14.7 Å². The molecule has 0 N–H and O–H groups in total. The van der Waals surface area contributed by atoms with Crippen LogP contribution in [-0.4, -0.2) is 34.9 Å². The van der Waals surface area contributed by atoms with Crippen LogP contribution in [0.25, 0.3) is 20.8 Å². The van der Waals surface area contributed by atoms with Crippen LogP contribution in [0, 0.1) is 6.92 Å². The van der Waals surface area contributed by atoms with Crippen LogP contribution in [0.15, 0.2) is 42.5 Å². The number of para-hydroxylation sites is 1. The minimum absolute atomic E-state index is 0.197. The molecule has 1 aromatic heterocycles. The maximum atomic E-state index is 12.5. The third-order valence-corrected chi connectivity index (χ3v) is 5.73. The number of imide groups is 1. The standard InChI is InChI=1S/C19H17N3O2S/c1-11-8-9-13(17-20-14-6-4-5-7-16(14)25-17)10-15(11)22-18(23)12(2)21(3)19(22)24/h4-10,12H,1-3H3. The van der Waals surface area contributed by atoms with E-state index in [0.717, 1.165) is 26.4 Å². The molecule has 2 heterocycles. The number of likely N-dealkylation sites (N-methyl/N-ethyl adjacent to an activating group) is 1. The highest BCUT2D eigenvalue weighted by Crippen LogP contribution is 2.35. The van der Waals surface area contributed by atoms with E-state index in [1.165, 1.54) is 9.80 Å². The smallest absolute Gasteiger partial charge is 0.315 e. The molecule has 1 aliphatic heterocycles. The van der Waals surface area contributed by atoms with Crippen molar-refractivity contribution in [2.45, 2.75) is 19.9 Å². The first-order chi connectivity index (χ1) is 12.0. The number of hydrogen-bond acceptors (Lipinski definition) is 4. The summed E-state index contributed by atoms with van der Waals surface area (Å²) >= 11 is 1.60. The fourth-order valence-electron chi connectivity index (χ4n) is 2.97. The Labute approximate surface area is 149 Å². The van der Waals surface area contributed by atoms with Crippen molar-refractivity contribution < 1.29 is 9.59 Å².